The second-order valence-corrected chi connectivity index (χ2v) is 5.78. The Morgan fingerprint density at radius 1 is 1.00 bits per heavy atom. The minimum absolute atomic E-state index is 0.0981. The van der Waals surface area contributed by atoms with Gasteiger partial charge in [0.05, 0.1) is 25.8 Å². The number of carbonyl (C=O) groups excluding carboxylic acids is 3. The summed E-state index contributed by atoms with van der Waals surface area (Å²) in [6.45, 7) is 0. The van der Waals surface area contributed by atoms with E-state index in [0.717, 1.165) is 0 Å². The first-order valence-electron chi connectivity index (χ1n) is 8.19. The minimum Gasteiger partial charge on any atom is -0.497 e. The predicted molar refractivity (Wildman–Crippen MR) is 97.2 cm³/mol. The van der Waals surface area contributed by atoms with Crippen molar-refractivity contribution < 1.29 is 23.9 Å². The molecule has 2 aromatic rings. The zero-order valence-electron chi connectivity index (χ0n) is 14.8. The van der Waals surface area contributed by atoms with E-state index in [2.05, 4.69) is 10.6 Å². The van der Waals surface area contributed by atoms with E-state index in [1.165, 1.54) is 14.2 Å². The maximum atomic E-state index is 13.2. The summed E-state index contributed by atoms with van der Waals surface area (Å²) in [7, 11) is 2.71. The topological polar surface area (TPSA) is 93.7 Å². The maximum Gasteiger partial charge on any atom is 0.355 e. The average Bonchev–Trinajstić information content (AvgIpc) is 2.72. The number of benzene rings is 2. The van der Waals surface area contributed by atoms with Gasteiger partial charge in [-0.05, 0) is 17.7 Å². The smallest absolute Gasteiger partial charge is 0.355 e. The molecule has 0 saturated heterocycles. The van der Waals surface area contributed by atoms with Gasteiger partial charge in [0.25, 0.3) is 0 Å². The molecule has 2 N–H and O–H groups in total. The van der Waals surface area contributed by atoms with Crippen LogP contribution in [0.25, 0.3) is 0 Å². The Bertz CT molecular complexity index is 921. The molecule has 27 heavy (non-hydrogen) atoms. The van der Waals surface area contributed by atoms with E-state index in [0.29, 0.717) is 16.9 Å². The van der Waals surface area contributed by atoms with Gasteiger partial charge < -0.3 is 20.1 Å². The van der Waals surface area contributed by atoms with Crippen LogP contribution >= 0.6 is 0 Å². The summed E-state index contributed by atoms with van der Waals surface area (Å²) in [6.07, 6.45) is 0. The van der Waals surface area contributed by atoms with Crippen LogP contribution in [0.4, 0.5) is 4.79 Å². The number of ether oxygens (including phenoxy) is 2. The highest BCUT2D eigenvalue weighted by molar-refractivity contribution is 6.15. The molecule has 0 unspecified atom stereocenters. The molecule has 138 valence electrons. The normalized spacial score (nSPS) is 16.2. The van der Waals surface area contributed by atoms with Crippen LogP contribution in [0.2, 0.25) is 0 Å². The Kier molecular flexibility index (Phi) is 5.21. The average molecular weight is 366 g/mol. The molecule has 7 heteroatoms. The standard InChI is InChI=1S/C20H18N2O5/c1-26-14-10-6-9-13(11-14)16-15(18(23)12-7-4-3-5-8-12)17(19(24)27-2)22-20(25)21-16/h3-11,16H,1-2H3,(H2,21,22,25)/t16-/m0/s1. The fourth-order valence-corrected chi connectivity index (χ4v) is 2.89. The van der Waals surface area contributed by atoms with Crippen LogP contribution in [-0.2, 0) is 9.53 Å². The fourth-order valence-electron chi connectivity index (χ4n) is 2.89. The van der Waals surface area contributed by atoms with Crippen molar-refractivity contribution in [2.24, 2.45) is 0 Å². The number of nitrogens with one attached hydrogen (secondary N) is 2. The third kappa shape index (κ3) is 3.67. The predicted octanol–water partition coefficient (Wildman–Crippen LogP) is 2.36. The van der Waals surface area contributed by atoms with Gasteiger partial charge in [-0.3, -0.25) is 4.79 Å². The Balaban J connectivity index is 2.18. The highest BCUT2D eigenvalue weighted by Crippen LogP contribution is 2.31. The maximum absolute atomic E-state index is 13.2. The molecule has 1 aliphatic rings. The van der Waals surface area contributed by atoms with Gasteiger partial charge in [0.1, 0.15) is 11.4 Å². The molecule has 2 aromatic carbocycles. The van der Waals surface area contributed by atoms with Crippen molar-refractivity contribution >= 4 is 17.8 Å². The lowest BCUT2D eigenvalue weighted by Crippen LogP contribution is -2.47. The lowest BCUT2D eigenvalue weighted by molar-refractivity contribution is -0.136. The Morgan fingerprint density at radius 3 is 2.41 bits per heavy atom. The summed E-state index contributed by atoms with van der Waals surface area (Å²) in [6, 6.07) is 14.0. The Hall–Kier alpha value is -3.61. The number of rotatable bonds is 5. The quantitative estimate of drug-likeness (QED) is 0.626. The van der Waals surface area contributed by atoms with E-state index >= 15 is 0 Å². The van der Waals surface area contributed by atoms with Crippen molar-refractivity contribution in [3.63, 3.8) is 0 Å². The molecule has 2 amide bonds. The number of urea groups is 1. The van der Waals surface area contributed by atoms with Gasteiger partial charge in [0.2, 0.25) is 0 Å². The zero-order valence-corrected chi connectivity index (χ0v) is 14.8. The molecular weight excluding hydrogens is 348 g/mol. The van der Waals surface area contributed by atoms with Crippen molar-refractivity contribution in [2.45, 2.75) is 6.04 Å². The number of hydrogen-bond acceptors (Lipinski definition) is 5. The van der Waals surface area contributed by atoms with Crippen molar-refractivity contribution in [1.82, 2.24) is 10.6 Å². The number of hydrogen-bond donors (Lipinski definition) is 2. The lowest BCUT2D eigenvalue weighted by atomic mass is 9.89. The van der Waals surface area contributed by atoms with Gasteiger partial charge in [-0.1, -0.05) is 42.5 Å². The molecule has 0 saturated carbocycles. The van der Waals surface area contributed by atoms with Gasteiger partial charge in [-0.15, -0.1) is 0 Å². The number of amides is 2. The van der Waals surface area contributed by atoms with Gasteiger partial charge in [-0.25, -0.2) is 9.59 Å². The number of ketones is 1. The minimum atomic E-state index is -0.837. The van der Waals surface area contributed by atoms with Crippen molar-refractivity contribution in [1.29, 1.82) is 0 Å². The SMILES string of the molecule is COC(=O)C1=C(C(=O)c2ccccc2)[C@H](c2cccc(OC)c2)NC(=O)N1. The summed E-state index contributed by atoms with van der Waals surface area (Å²) in [5.41, 5.74) is 0.911. The molecule has 3 rings (SSSR count). The van der Waals surface area contributed by atoms with E-state index < -0.39 is 23.8 Å². The molecule has 0 radical (unpaired) electrons. The van der Waals surface area contributed by atoms with Crippen LogP contribution in [0, 0.1) is 0 Å². The second kappa shape index (κ2) is 7.74. The highest BCUT2D eigenvalue weighted by atomic mass is 16.5. The largest absolute Gasteiger partial charge is 0.497 e. The third-order valence-corrected chi connectivity index (χ3v) is 4.17. The summed E-state index contributed by atoms with van der Waals surface area (Å²) in [4.78, 5) is 37.6. The van der Waals surface area contributed by atoms with Crippen LogP contribution in [0.3, 0.4) is 0 Å². The number of Topliss-reactive ketones (excluding diaryl/α,β-unsaturated/α-hetero) is 1. The molecule has 7 nitrogen and oxygen atoms in total. The fraction of sp³-hybridized carbons (Fsp3) is 0.150. The Labute approximate surface area is 156 Å². The monoisotopic (exact) mass is 366 g/mol. The molecule has 0 aliphatic carbocycles. The van der Waals surface area contributed by atoms with Crippen LogP contribution in [0.5, 0.6) is 5.75 Å². The van der Waals surface area contributed by atoms with E-state index in [4.69, 9.17) is 9.47 Å². The van der Waals surface area contributed by atoms with E-state index in [9.17, 15) is 14.4 Å². The summed E-state index contributed by atoms with van der Waals surface area (Å²) in [5.74, 6) is -0.625. The Morgan fingerprint density at radius 2 is 1.74 bits per heavy atom. The van der Waals surface area contributed by atoms with E-state index in [-0.39, 0.29) is 11.3 Å². The molecule has 1 heterocycles. The molecule has 0 bridgehead atoms. The van der Waals surface area contributed by atoms with Crippen LogP contribution in [0.15, 0.2) is 65.9 Å². The number of methoxy groups -OCH3 is 2. The van der Waals surface area contributed by atoms with Crippen LogP contribution < -0.4 is 15.4 Å². The summed E-state index contributed by atoms with van der Waals surface area (Å²) in [5, 5.41) is 5.10. The first kappa shape index (κ1) is 18.2. The van der Waals surface area contributed by atoms with Crippen LogP contribution in [0.1, 0.15) is 22.0 Å². The molecule has 1 aliphatic heterocycles. The first-order valence-corrected chi connectivity index (χ1v) is 8.19. The highest BCUT2D eigenvalue weighted by Gasteiger charge is 2.36. The molecule has 1 atom stereocenters. The number of esters is 1. The van der Waals surface area contributed by atoms with Gasteiger partial charge in [0.15, 0.2) is 5.78 Å². The van der Waals surface area contributed by atoms with E-state index in [1.54, 1.807) is 54.6 Å². The van der Waals surface area contributed by atoms with Crippen molar-refractivity contribution in [2.75, 3.05) is 14.2 Å². The number of carbonyl (C=O) groups is 3. The molecular formula is C20H18N2O5. The molecule has 0 aromatic heterocycles. The third-order valence-electron chi connectivity index (χ3n) is 4.17. The van der Waals surface area contributed by atoms with Gasteiger partial charge >= 0.3 is 12.0 Å². The second-order valence-electron chi connectivity index (χ2n) is 5.78. The first-order chi connectivity index (χ1) is 13.0. The van der Waals surface area contributed by atoms with Gasteiger partial charge in [0, 0.05) is 5.56 Å². The summed E-state index contributed by atoms with van der Waals surface area (Å²) < 4.78 is 9.99. The zero-order chi connectivity index (χ0) is 19.4. The van der Waals surface area contributed by atoms with E-state index in [1.807, 2.05) is 0 Å². The van der Waals surface area contributed by atoms with Crippen molar-refractivity contribution in [3.8, 4) is 5.75 Å². The molecule has 0 fully saturated rings. The lowest BCUT2D eigenvalue weighted by Gasteiger charge is -2.29. The summed E-state index contributed by atoms with van der Waals surface area (Å²) >= 11 is 0. The van der Waals surface area contributed by atoms with Crippen LogP contribution in [-0.4, -0.2) is 32.0 Å². The van der Waals surface area contributed by atoms with Crippen molar-refractivity contribution in [3.05, 3.63) is 77.0 Å². The van der Waals surface area contributed by atoms with Gasteiger partial charge in [-0.2, -0.15) is 0 Å². The molecule has 0 spiro atoms.